The fourth-order valence-corrected chi connectivity index (χ4v) is 3.34. The van der Waals surface area contributed by atoms with Gasteiger partial charge in [-0.2, -0.15) is 0 Å². The van der Waals surface area contributed by atoms with Gasteiger partial charge in [0.1, 0.15) is 0 Å². The first-order chi connectivity index (χ1) is 9.15. The molecule has 2 heterocycles. The number of hydrogen-bond donors (Lipinski definition) is 1. The highest BCUT2D eigenvalue weighted by Crippen LogP contribution is 2.23. The van der Waals surface area contributed by atoms with Crippen molar-refractivity contribution in [1.29, 1.82) is 0 Å². The van der Waals surface area contributed by atoms with Gasteiger partial charge in [0.15, 0.2) is 0 Å². The molecule has 0 bridgehead atoms. The lowest BCUT2D eigenvalue weighted by Gasteiger charge is -2.26. The number of hydrogen-bond acceptors (Lipinski definition) is 4. The lowest BCUT2D eigenvalue weighted by atomic mass is 10.2. The van der Waals surface area contributed by atoms with Crippen LogP contribution in [0.4, 0.5) is 0 Å². The van der Waals surface area contributed by atoms with Gasteiger partial charge in [0.05, 0.1) is 13.2 Å². The Balaban J connectivity index is 1.85. The summed E-state index contributed by atoms with van der Waals surface area (Å²) in [6, 6.07) is 2.38. The van der Waals surface area contributed by atoms with Crippen LogP contribution in [0.5, 0.6) is 0 Å². The molecule has 108 valence electrons. The molecule has 1 aliphatic heterocycles. The lowest BCUT2D eigenvalue weighted by molar-refractivity contribution is 0.0341. The van der Waals surface area contributed by atoms with Crippen molar-refractivity contribution in [1.82, 2.24) is 10.2 Å². The van der Waals surface area contributed by atoms with Gasteiger partial charge in [0.25, 0.3) is 0 Å². The first kappa shape index (κ1) is 15.0. The highest BCUT2D eigenvalue weighted by Gasteiger charge is 2.13. The topological polar surface area (TPSA) is 24.5 Å². The number of aryl methyl sites for hydroxylation is 1. The van der Waals surface area contributed by atoms with E-state index in [9.17, 15) is 0 Å². The van der Waals surface area contributed by atoms with Crippen LogP contribution >= 0.6 is 11.3 Å². The lowest BCUT2D eigenvalue weighted by Crippen LogP contribution is -2.35. The Morgan fingerprint density at radius 3 is 2.79 bits per heavy atom. The number of nitrogens with zero attached hydrogens (tertiary/aromatic N) is 1. The molecular formula is C15H26N2OS. The molecule has 3 nitrogen and oxygen atoms in total. The van der Waals surface area contributed by atoms with E-state index in [4.69, 9.17) is 4.74 Å². The van der Waals surface area contributed by atoms with Gasteiger partial charge in [0, 0.05) is 35.9 Å². The molecule has 2 rings (SSSR count). The molecule has 0 unspecified atom stereocenters. The number of thiophene rings is 1. The van der Waals surface area contributed by atoms with Crippen molar-refractivity contribution in [2.45, 2.75) is 33.9 Å². The first-order valence-corrected chi connectivity index (χ1v) is 8.06. The molecule has 4 heteroatoms. The molecule has 1 aromatic rings. The van der Waals surface area contributed by atoms with Gasteiger partial charge >= 0.3 is 0 Å². The van der Waals surface area contributed by atoms with Crippen molar-refractivity contribution >= 4 is 11.3 Å². The average molecular weight is 282 g/mol. The summed E-state index contributed by atoms with van der Waals surface area (Å²) < 4.78 is 5.40. The Morgan fingerprint density at radius 2 is 2.11 bits per heavy atom. The van der Waals surface area contributed by atoms with Gasteiger partial charge in [-0.15, -0.1) is 11.3 Å². The molecule has 0 atom stereocenters. The summed E-state index contributed by atoms with van der Waals surface area (Å²) in [4.78, 5) is 5.42. The van der Waals surface area contributed by atoms with Crippen molar-refractivity contribution in [3.05, 3.63) is 21.4 Å². The van der Waals surface area contributed by atoms with E-state index in [1.54, 1.807) is 0 Å². The smallest absolute Gasteiger partial charge is 0.0594 e. The van der Waals surface area contributed by atoms with E-state index >= 15 is 0 Å². The summed E-state index contributed by atoms with van der Waals surface area (Å²) in [6.07, 6.45) is 0. The molecule has 1 fully saturated rings. The maximum atomic E-state index is 5.40. The molecule has 1 aromatic heterocycles. The van der Waals surface area contributed by atoms with Gasteiger partial charge < -0.3 is 10.1 Å². The Bertz CT molecular complexity index is 383. The van der Waals surface area contributed by atoms with E-state index in [-0.39, 0.29) is 0 Å². The quantitative estimate of drug-likeness (QED) is 0.868. The van der Waals surface area contributed by atoms with E-state index in [0.717, 1.165) is 45.9 Å². The molecule has 0 amide bonds. The minimum Gasteiger partial charge on any atom is -0.379 e. The zero-order valence-electron chi connectivity index (χ0n) is 12.4. The maximum absolute atomic E-state index is 5.40. The Hall–Kier alpha value is -0.420. The summed E-state index contributed by atoms with van der Waals surface area (Å²) in [6.45, 7) is 13.8. The molecule has 0 aromatic carbocycles. The summed E-state index contributed by atoms with van der Waals surface area (Å²) in [7, 11) is 0. The predicted molar refractivity (Wildman–Crippen MR) is 81.7 cm³/mol. The zero-order chi connectivity index (χ0) is 13.7. The van der Waals surface area contributed by atoms with Crippen LogP contribution in [-0.2, 0) is 17.8 Å². The Labute approximate surface area is 121 Å². The number of nitrogens with one attached hydrogen (secondary N) is 1. The van der Waals surface area contributed by atoms with Crippen molar-refractivity contribution in [3.63, 3.8) is 0 Å². The molecule has 0 spiro atoms. The highest BCUT2D eigenvalue weighted by atomic mass is 32.1. The van der Waals surface area contributed by atoms with Crippen molar-refractivity contribution < 1.29 is 4.74 Å². The Kier molecular flexibility index (Phi) is 5.82. The third kappa shape index (κ3) is 4.88. The van der Waals surface area contributed by atoms with Crippen LogP contribution in [0.25, 0.3) is 0 Å². The van der Waals surface area contributed by atoms with Gasteiger partial charge in [-0.3, -0.25) is 4.90 Å². The standard InChI is InChI=1S/C15H26N2OS/c1-12(2)9-16-10-15-8-14(13(3)19-15)11-17-4-6-18-7-5-17/h8,12,16H,4-7,9-11H2,1-3H3. The second kappa shape index (κ2) is 7.39. The summed E-state index contributed by atoms with van der Waals surface area (Å²) in [5, 5.41) is 3.52. The summed E-state index contributed by atoms with van der Waals surface area (Å²) >= 11 is 1.93. The SMILES string of the molecule is Cc1sc(CNCC(C)C)cc1CN1CCOCC1. The fraction of sp³-hybridized carbons (Fsp3) is 0.733. The normalized spacial score (nSPS) is 17.3. The average Bonchev–Trinajstić information content (AvgIpc) is 2.71. The van der Waals surface area contributed by atoms with E-state index < -0.39 is 0 Å². The van der Waals surface area contributed by atoms with Crippen molar-refractivity contribution in [3.8, 4) is 0 Å². The number of morpholine rings is 1. The third-order valence-electron chi connectivity index (χ3n) is 3.42. The van der Waals surface area contributed by atoms with Crippen molar-refractivity contribution in [2.75, 3.05) is 32.8 Å². The molecule has 19 heavy (non-hydrogen) atoms. The number of ether oxygens (including phenoxy) is 1. The highest BCUT2D eigenvalue weighted by molar-refractivity contribution is 7.12. The predicted octanol–water partition coefficient (Wildman–Crippen LogP) is 2.63. The minimum atomic E-state index is 0.717. The van der Waals surface area contributed by atoms with E-state index in [1.165, 1.54) is 15.3 Å². The van der Waals surface area contributed by atoms with Crippen molar-refractivity contribution in [2.24, 2.45) is 5.92 Å². The second-order valence-electron chi connectivity index (χ2n) is 5.71. The molecule has 0 saturated carbocycles. The minimum absolute atomic E-state index is 0.717. The summed E-state index contributed by atoms with van der Waals surface area (Å²) in [5.74, 6) is 0.717. The van der Waals surface area contributed by atoms with E-state index in [1.807, 2.05) is 11.3 Å². The van der Waals surface area contributed by atoms with Crippen LogP contribution in [0, 0.1) is 12.8 Å². The molecule has 1 saturated heterocycles. The van der Waals surface area contributed by atoms with E-state index in [2.05, 4.69) is 37.1 Å². The maximum Gasteiger partial charge on any atom is 0.0594 e. The van der Waals surface area contributed by atoms with Crippen LogP contribution in [0.15, 0.2) is 6.07 Å². The van der Waals surface area contributed by atoms with Gasteiger partial charge in [0.2, 0.25) is 0 Å². The molecule has 1 N–H and O–H groups in total. The molecular weight excluding hydrogens is 256 g/mol. The van der Waals surface area contributed by atoms with E-state index in [0.29, 0.717) is 5.92 Å². The fourth-order valence-electron chi connectivity index (χ4n) is 2.32. The van der Waals surface area contributed by atoms with Gasteiger partial charge in [-0.1, -0.05) is 13.8 Å². The Morgan fingerprint density at radius 1 is 1.37 bits per heavy atom. The van der Waals surface area contributed by atoms with Crippen LogP contribution in [0.1, 0.15) is 29.2 Å². The summed E-state index contributed by atoms with van der Waals surface area (Å²) in [5.41, 5.74) is 1.49. The van der Waals surface area contributed by atoms with Crippen LogP contribution in [-0.4, -0.2) is 37.7 Å². The third-order valence-corrected chi connectivity index (χ3v) is 4.51. The molecule has 0 radical (unpaired) electrons. The second-order valence-corrected chi connectivity index (χ2v) is 7.05. The monoisotopic (exact) mass is 282 g/mol. The van der Waals surface area contributed by atoms with Gasteiger partial charge in [-0.25, -0.2) is 0 Å². The number of rotatable bonds is 6. The van der Waals surface area contributed by atoms with Crippen LogP contribution in [0.2, 0.25) is 0 Å². The van der Waals surface area contributed by atoms with Crippen LogP contribution < -0.4 is 5.32 Å². The zero-order valence-corrected chi connectivity index (χ0v) is 13.2. The van der Waals surface area contributed by atoms with Gasteiger partial charge in [-0.05, 0) is 31.0 Å². The molecule has 1 aliphatic rings. The van der Waals surface area contributed by atoms with Crippen LogP contribution in [0.3, 0.4) is 0 Å². The molecule has 0 aliphatic carbocycles. The largest absolute Gasteiger partial charge is 0.379 e. The first-order valence-electron chi connectivity index (χ1n) is 7.24.